The minimum atomic E-state index is -1.69. The Morgan fingerprint density at radius 3 is 1.67 bits per heavy atom. The molecule has 0 aliphatic carbocycles. The third-order valence-electron chi connectivity index (χ3n) is 3.62. The number of carbonyl (C=O) groups excluding carboxylic acids is 3. The van der Waals surface area contributed by atoms with E-state index in [1.54, 1.807) is 0 Å². The van der Waals surface area contributed by atoms with E-state index in [2.05, 4.69) is 35.9 Å². The number of carboxylic acids is 3. The Labute approximate surface area is 181 Å². The molecular weight excluding hydrogens is 444 g/mol. The van der Waals surface area contributed by atoms with Crippen molar-refractivity contribution < 1.29 is 44.1 Å². The van der Waals surface area contributed by atoms with E-state index >= 15 is 0 Å². The highest BCUT2D eigenvalue weighted by Crippen LogP contribution is 2.02. The highest BCUT2D eigenvalue weighted by atomic mass is 32.1. The second-order valence-electron chi connectivity index (χ2n) is 6.02. The van der Waals surface area contributed by atoms with Crippen molar-refractivity contribution >= 4 is 60.9 Å². The average Bonchev–Trinajstić information content (AvgIpc) is 2.66. The highest BCUT2D eigenvalue weighted by molar-refractivity contribution is 7.80. The van der Waals surface area contributed by atoms with Gasteiger partial charge in [0.1, 0.15) is 18.1 Å². The summed E-state index contributed by atoms with van der Waals surface area (Å²) in [4.78, 5) is 69.3. The standard InChI is InChI=1S/C15H24N4O9S2/c16-6(4-29)12(24)19-9(5-30)14(26)18-8(3-11(22)23)13(25)17-7(15(27)28)1-2-10(20)21/h6-9,29-30H,1-5,16H2,(H,17,25)(H,18,26)(H,19,24)(H,20,21)(H,22,23)(H,27,28). The highest BCUT2D eigenvalue weighted by Gasteiger charge is 2.31. The van der Waals surface area contributed by atoms with Crippen LogP contribution in [0.1, 0.15) is 19.3 Å². The molecule has 170 valence electrons. The van der Waals surface area contributed by atoms with Crippen LogP contribution >= 0.6 is 25.3 Å². The maximum Gasteiger partial charge on any atom is 0.326 e. The summed E-state index contributed by atoms with van der Waals surface area (Å²) in [6, 6.07) is -5.60. The van der Waals surface area contributed by atoms with Crippen molar-refractivity contribution in [1.82, 2.24) is 16.0 Å². The lowest BCUT2D eigenvalue weighted by Crippen LogP contribution is -2.58. The van der Waals surface area contributed by atoms with Crippen LogP contribution in [0, 0.1) is 0 Å². The fourth-order valence-corrected chi connectivity index (χ4v) is 2.43. The van der Waals surface area contributed by atoms with Crippen LogP contribution in [0.25, 0.3) is 0 Å². The zero-order valence-corrected chi connectivity index (χ0v) is 17.4. The van der Waals surface area contributed by atoms with Crippen LogP contribution < -0.4 is 21.7 Å². The van der Waals surface area contributed by atoms with E-state index in [1.807, 2.05) is 5.32 Å². The first kappa shape index (κ1) is 27.5. The molecule has 0 aliphatic heterocycles. The van der Waals surface area contributed by atoms with Crippen LogP contribution in [0.4, 0.5) is 0 Å². The van der Waals surface area contributed by atoms with Crippen LogP contribution in [0.3, 0.4) is 0 Å². The van der Waals surface area contributed by atoms with Gasteiger partial charge in [0.25, 0.3) is 0 Å². The summed E-state index contributed by atoms with van der Waals surface area (Å²) in [7, 11) is 0. The molecule has 0 spiro atoms. The van der Waals surface area contributed by atoms with Crippen LogP contribution in [-0.4, -0.2) is 86.6 Å². The molecule has 0 rings (SSSR count). The third-order valence-corrected chi connectivity index (χ3v) is 4.38. The molecule has 0 radical (unpaired) electrons. The SMILES string of the molecule is NC(CS)C(=O)NC(CS)C(=O)NC(CC(=O)O)C(=O)NC(CCC(=O)O)C(=O)O. The van der Waals surface area contributed by atoms with E-state index in [1.165, 1.54) is 0 Å². The number of rotatable bonds is 14. The number of hydrogen-bond donors (Lipinski definition) is 9. The van der Waals surface area contributed by atoms with Crippen molar-refractivity contribution in [2.45, 2.75) is 43.4 Å². The predicted molar refractivity (Wildman–Crippen MR) is 108 cm³/mol. The predicted octanol–water partition coefficient (Wildman–Crippen LogP) is -2.95. The Morgan fingerprint density at radius 2 is 1.23 bits per heavy atom. The van der Waals surface area contributed by atoms with Crippen molar-refractivity contribution in [2.75, 3.05) is 11.5 Å². The summed E-state index contributed by atoms with van der Waals surface area (Å²) < 4.78 is 0. The van der Waals surface area contributed by atoms with Crippen LogP contribution in [0.2, 0.25) is 0 Å². The van der Waals surface area contributed by atoms with Gasteiger partial charge in [-0.2, -0.15) is 25.3 Å². The third kappa shape index (κ3) is 10.3. The molecule has 4 atom stereocenters. The largest absolute Gasteiger partial charge is 0.481 e. The van der Waals surface area contributed by atoms with Gasteiger partial charge >= 0.3 is 17.9 Å². The van der Waals surface area contributed by atoms with E-state index < -0.39 is 79.1 Å². The Balaban J connectivity index is 5.27. The summed E-state index contributed by atoms with van der Waals surface area (Å²) in [5, 5.41) is 33.1. The van der Waals surface area contributed by atoms with E-state index in [0.717, 1.165) is 0 Å². The summed E-state index contributed by atoms with van der Waals surface area (Å²) in [6.07, 6.45) is -1.92. The molecule has 15 heteroatoms. The second kappa shape index (κ2) is 13.7. The minimum absolute atomic E-state index is 0.0102. The van der Waals surface area contributed by atoms with Gasteiger partial charge in [-0.25, -0.2) is 4.79 Å². The number of nitrogens with two attached hydrogens (primary N) is 1. The topological polar surface area (TPSA) is 225 Å². The Hall–Kier alpha value is -2.52. The molecule has 4 unspecified atom stereocenters. The molecular formula is C15H24N4O9S2. The van der Waals surface area contributed by atoms with Gasteiger partial charge in [0.15, 0.2) is 0 Å². The van der Waals surface area contributed by atoms with Crippen LogP contribution in [0.15, 0.2) is 0 Å². The van der Waals surface area contributed by atoms with E-state index in [4.69, 9.17) is 21.1 Å². The van der Waals surface area contributed by atoms with E-state index in [9.17, 15) is 28.8 Å². The maximum atomic E-state index is 12.4. The number of thiol groups is 2. The van der Waals surface area contributed by atoms with Gasteiger partial charge in [-0.1, -0.05) is 0 Å². The molecule has 0 aromatic carbocycles. The molecule has 30 heavy (non-hydrogen) atoms. The second-order valence-corrected chi connectivity index (χ2v) is 6.75. The molecule has 8 N–H and O–H groups in total. The molecule has 0 heterocycles. The van der Waals surface area contributed by atoms with Gasteiger partial charge in [0.05, 0.1) is 12.5 Å². The number of aliphatic carboxylic acids is 3. The van der Waals surface area contributed by atoms with E-state index in [-0.39, 0.29) is 11.5 Å². The first-order valence-electron chi connectivity index (χ1n) is 8.47. The van der Waals surface area contributed by atoms with Gasteiger partial charge in [0.2, 0.25) is 17.7 Å². The van der Waals surface area contributed by atoms with Gasteiger partial charge < -0.3 is 37.0 Å². The first-order chi connectivity index (χ1) is 13.9. The lowest BCUT2D eigenvalue weighted by atomic mass is 10.1. The van der Waals surface area contributed by atoms with Crippen LogP contribution in [0.5, 0.6) is 0 Å². The maximum absolute atomic E-state index is 12.4. The smallest absolute Gasteiger partial charge is 0.326 e. The fraction of sp³-hybridized carbons (Fsp3) is 0.600. The number of carbonyl (C=O) groups is 6. The minimum Gasteiger partial charge on any atom is -0.481 e. The van der Waals surface area contributed by atoms with Crippen molar-refractivity contribution in [3.8, 4) is 0 Å². The van der Waals surface area contributed by atoms with Crippen molar-refractivity contribution in [2.24, 2.45) is 5.73 Å². The summed E-state index contributed by atoms with van der Waals surface area (Å²) in [5.74, 6) is -7.36. The first-order valence-corrected chi connectivity index (χ1v) is 9.74. The molecule has 0 saturated carbocycles. The summed E-state index contributed by atoms with van der Waals surface area (Å²) >= 11 is 7.76. The number of amides is 3. The van der Waals surface area contributed by atoms with E-state index in [0.29, 0.717) is 0 Å². The summed E-state index contributed by atoms with van der Waals surface area (Å²) in [6.45, 7) is 0. The number of carboxylic acid groups (broad SMARTS) is 3. The average molecular weight is 469 g/mol. The zero-order chi connectivity index (χ0) is 23.4. The quantitative estimate of drug-likeness (QED) is 0.118. The van der Waals surface area contributed by atoms with Crippen molar-refractivity contribution in [3.63, 3.8) is 0 Å². The molecule has 3 amide bonds. The number of hydrogen-bond acceptors (Lipinski definition) is 9. The normalized spacial score (nSPS) is 14.5. The van der Waals surface area contributed by atoms with Crippen LogP contribution in [-0.2, 0) is 28.8 Å². The lowest BCUT2D eigenvalue weighted by Gasteiger charge is -2.23. The van der Waals surface area contributed by atoms with Gasteiger partial charge in [-0.3, -0.25) is 24.0 Å². The van der Waals surface area contributed by atoms with Crippen molar-refractivity contribution in [1.29, 1.82) is 0 Å². The molecule has 0 aliphatic rings. The Morgan fingerprint density at radius 1 is 0.733 bits per heavy atom. The molecule has 0 aromatic heterocycles. The lowest BCUT2D eigenvalue weighted by molar-refractivity contribution is -0.144. The fourth-order valence-electron chi connectivity index (χ4n) is 2.01. The Bertz CT molecular complexity index is 676. The zero-order valence-electron chi connectivity index (χ0n) is 15.6. The molecule has 0 saturated heterocycles. The monoisotopic (exact) mass is 468 g/mol. The van der Waals surface area contributed by atoms with Gasteiger partial charge in [-0.05, 0) is 6.42 Å². The molecule has 13 nitrogen and oxygen atoms in total. The number of nitrogens with one attached hydrogen (secondary N) is 3. The Kier molecular flexibility index (Phi) is 12.5. The molecule has 0 aromatic rings. The van der Waals surface area contributed by atoms with Crippen molar-refractivity contribution in [3.05, 3.63) is 0 Å². The molecule has 0 bridgehead atoms. The van der Waals surface area contributed by atoms with Gasteiger partial charge in [0, 0.05) is 17.9 Å². The van der Waals surface area contributed by atoms with Gasteiger partial charge in [-0.15, -0.1) is 0 Å². The molecule has 0 fully saturated rings. The summed E-state index contributed by atoms with van der Waals surface area (Å²) in [5.41, 5.74) is 5.48.